The third-order valence-corrected chi connectivity index (χ3v) is 5.18. The first-order valence-electron chi connectivity index (χ1n) is 7.19. The molecule has 1 atom stereocenters. The number of carboxylic acid groups (broad SMARTS) is 1. The Bertz CT molecular complexity index is 463. The average Bonchev–Trinajstić information content (AvgIpc) is 2.91. The van der Waals surface area contributed by atoms with Crippen LogP contribution in [0.4, 0.5) is 0 Å². The van der Waals surface area contributed by atoms with Crippen molar-refractivity contribution in [1.29, 1.82) is 0 Å². The molecule has 112 valence electrons. The summed E-state index contributed by atoms with van der Waals surface area (Å²) in [6.07, 6.45) is 6.18. The number of hydrogen-bond acceptors (Lipinski definition) is 4. The van der Waals surface area contributed by atoms with E-state index in [1.54, 1.807) is 21.0 Å². The summed E-state index contributed by atoms with van der Waals surface area (Å²) in [5.74, 6) is -0.332. The van der Waals surface area contributed by atoms with Crippen LogP contribution in [0.5, 0.6) is 0 Å². The lowest BCUT2D eigenvalue weighted by molar-refractivity contribution is -0.142. The highest BCUT2D eigenvalue weighted by Crippen LogP contribution is 2.38. The molecule has 1 aromatic rings. The zero-order chi connectivity index (χ0) is 14.8. The maximum Gasteiger partial charge on any atom is 0.315 e. The fourth-order valence-electron chi connectivity index (χ4n) is 2.75. The van der Waals surface area contributed by atoms with E-state index in [0.717, 1.165) is 5.01 Å². The first kappa shape index (κ1) is 15.4. The minimum Gasteiger partial charge on any atom is -0.481 e. The maximum atomic E-state index is 11.3. The molecule has 0 amide bonds. The van der Waals surface area contributed by atoms with Gasteiger partial charge in [-0.25, -0.2) is 4.98 Å². The third kappa shape index (κ3) is 3.04. The number of thiazole rings is 1. The van der Waals surface area contributed by atoms with Gasteiger partial charge in [0.15, 0.2) is 0 Å². The van der Waals surface area contributed by atoms with Crippen LogP contribution >= 0.6 is 11.3 Å². The molecule has 5 heteroatoms. The van der Waals surface area contributed by atoms with Crippen LogP contribution in [0, 0.1) is 5.92 Å². The summed E-state index contributed by atoms with van der Waals surface area (Å²) < 4.78 is 5.66. The van der Waals surface area contributed by atoms with Gasteiger partial charge in [0.05, 0.1) is 5.69 Å². The van der Waals surface area contributed by atoms with E-state index in [9.17, 15) is 9.90 Å². The van der Waals surface area contributed by atoms with Gasteiger partial charge in [-0.05, 0) is 32.6 Å². The van der Waals surface area contributed by atoms with Crippen LogP contribution in [-0.2, 0) is 14.9 Å². The highest BCUT2D eigenvalue weighted by Gasteiger charge is 2.34. The fraction of sp³-hybridized carbons (Fsp3) is 0.733. The monoisotopic (exact) mass is 297 g/mol. The van der Waals surface area contributed by atoms with E-state index < -0.39 is 11.4 Å². The van der Waals surface area contributed by atoms with Crippen LogP contribution in [0.1, 0.15) is 62.8 Å². The third-order valence-electron chi connectivity index (χ3n) is 4.27. The van der Waals surface area contributed by atoms with Crippen LogP contribution in [0.2, 0.25) is 0 Å². The van der Waals surface area contributed by atoms with E-state index in [2.05, 4.69) is 4.98 Å². The number of rotatable bonds is 5. The van der Waals surface area contributed by atoms with Gasteiger partial charge >= 0.3 is 5.97 Å². The van der Waals surface area contributed by atoms with Crippen molar-refractivity contribution in [2.24, 2.45) is 5.92 Å². The molecule has 1 aliphatic rings. The molecule has 1 N–H and O–H groups in total. The predicted molar refractivity (Wildman–Crippen MR) is 79.1 cm³/mol. The smallest absolute Gasteiger partial charge is 0.315 e. The second-order valence-electron chi connectivity index (χ2n) is 6.06. The number of hydrogen-bond donors (Lipinski definition) is 1. The Morgan fingerprint density at radius 1 is 1.45 bits per heavy atom. The molecule has 0 aliphatic heterocycles. The average molecular weight is 297 g/mol. The Morgan fingerprint density at radius 3 is 2.65 bits per heavy atom. The molecule has 1 heterocycles. The van der Waals surface area contributed by atoms with Crippen LogP contribution in [0.25, 0.3) is 0 Å². The Hall–Kier alpha value is -0.940. The van der Waals surface area contributed by atoms with E-state index in [0.29, 0.717) is 11.6 Å². The largest absolute Gasteiger partial charge is 0.481 e. The molecule has 4 nitrogen and oxygen atoms in total. The molecule has 0 aromatic carbocycles. The van der Waals surface area contributed by atoms with Gasteiger partial charge in [0.25, 0.3) is 0 Å². The topological polar surface area (TPSA) is 59.4 Å². The van der Waals surface area contributed by atoms with Crippen molar-refractivity contribution in [1.82, 2.24) is 4.98 Å². The molecule has 1 fully saturated rings. The van der Waals surface area contributed by atoms with Crippen LogP contribution < -0.4 is 0 Å². The Morgan fingerprint density at radius 2 is 2.10 bits per heavy atom. The SMILES string of the molecule is COC(c1nc(C(C)(C)C(=O)O)cs1)C1CCCCC1. The van der Waals surface area contributed by atoms with Crippen LogP contribution in [-0.4, -0.2) is 23.2 Å². The van der Waals surface area contributed by atoms with E-state index in [1.165, 1.54) is 43.4 Å². The highest BCUT2D eigenvalue weighted by molar-refractivity contribution is 7.09. The van der Waals surface area contributed by atoms with Crippen LogP contribution in [0.3, 0.4) is 0 Å². The van der Waals surface area contributed by atoms with Crippen molar-refractivity contribution in [3.8, 4) is 0 Å². The molecule has 0 radical (unpaired) electrons. The van der Waals surface area contributed by atoms with Gasteiger partial charge < -0.3 is 9.84 Å². The van der Waals surface area contributed by atoms with Gasteiger partial charge in [-0.15, -0.1) is 11.3 Å². The Balaban J connectivity index is 2.19. The molecule has 1 aliphatic carbocycles. The maximum absolute atomic E-state index is 11.3. The van der Waals surface area contributed by atoms with E-state index in [1.807, 2.05) is 5.38 Å². The lowest BCUT2D eigenvalue weighted by Crippen LogP contribution is -2.29. The Labute approximate surface area is 124 Å². The molecule has 2 rings (SSSR count). The van der Waals surface area contributed by atoms with E-state index in [4.69, 9.17) is 4.74 Å². The Kier molecular flexibility index (Phi) is 4.81. The molecule has 1 saturated carbocycles. The van der Waals surface area contributed by atoms with E-state index in [-0.39, 0.29) is 6.10 Å². The normalized spacial score (nSPS) is 18.9. The van der Waals surface area contributed by atoms with Crippen LogP contribution in [0.15, 0.2) is 5.38 Å². The fourth-order valence-corrected chi connectivity index (χ4v) is 3.90. The quantitative estimate of drug-likeness (QED) is 0.898. The summed E-state index contributed by atoms with van der Waals surface area (Å²) in [7, 11) is 1.72. The minimum atomic E-state index is -0.945. The number of ether oxygens (including phenoxy) is 1. The van der Waals surface area contributed by atoms with Gasteiger partial charge in [0.2, 0.25) is 0 Å². The van der Waals surface area contributed by atoms with Crippen molar-refractivity contribution in [2.45, 2.75) is 57.5 Å². The van der Waals surface area contributed by atoms with Gasteiger partial charge in [0, 0.05) is 12.5 Å². The molecule has 1 aromatic heterocycles. The van der Waals surface area contributed by atoms with Crippen molar-refractivity contribution < 1.29 is 14.6 Å². The van der Waals surface area contributed by atoms with Gasteiger partial charge in [-0.2, -0.15) is 0 Å². The molecule has 0 spiro atoms. The zero-order valence-corrected chi connectivity index (χ0v) is 13.2. The molecule has 1 unspecified atom stereocenters. The van der Waals surface area contributed by atoms with Crippen molar-refractivity contribution in [3.05, 3.63) is 16.1 Å². The molecule has 0 saturated heterocycles. The van der Waals surface area contributed by atoms with E-state index >= 15 is 0 Å². The first-order chi connectivity index (χ1) is 9.46. The lowest BCUT2D eigenvalue weighted by atomic mass is 9.85. The van der Waals surface area contributed by atoms with Gasteiger partial charge in [-0.1, -0.05) is 19.3 Å². The highest BCUT2D eigenvalue weighted by atomic mass is 32.1. The lowest BCUT2D eigenvalue weighted by Gasteiger charge is -2.27. The summed E-state index contributed by atoms with van der Waals surface area (Å²) in [6.45, 7) is 3.38. The van der Waals surface area contributed by atoms with Crippen molar-refractivity contribution in [3.63, 3.8) is 0 Å². The van der Waals surface area contributed by atoms with Gasteiger partial charge in [0.1, 0.15) is 16.5 Å². The number of carbonyl (C=O) groups is 1. The standard InChI is InChI=1S/C15H23NO3S/c1-15(2,14(17)18)11-9-20-13(16-11)12(19-3)10-7-5-4-6-8-10/h9-10,12H,4-8H2,1-3H3,(H,17,18). The number of methoxy groups -OCH3 is 1. The summed E-state index contributed by atoms with van der Waals surface area (Å²) in [5, 5.41) is 12.1. The number of aromatic nitrogens is 1. The molecular weight excluding hydrogens is 274 g/mol. The predicted octanol–water partition coefficient (Wildman–Crippen LogP) is 3.77. The summed E-state index contributed by atoms with van der Waals surface area (Å²) in [4.78, 5) is 15.9. The molecular formula is C15H23NO3S. The second-order valence-corrected chi connectivity index (χ2v) is 6.95. The first-order valence-corrected chi connectivity index (χ1v) is 8.07. The summed E-state index contributed by atoms with van der Waals surface area (Å²) in [5.41, 5.74) is -0.317. The summed E-state index contributed by atoms with van der Waals surface area (Å²) >= 11 is 1.52. The van der Waals surface area contributed by atoms with Crippen molar-refractivity contribution >= 4 is 17.3 Å². The molecule has 20 heavy (non-hydrogen) atoms. The summed E-state index contributed by atoms with van der Waals surface area (Å²) in [6, 6.07) is 0. The number of carboxylic acids is 1. The zero-order valence-electron chi connectivity index (χ0n) is 12.4. The molecule has 0 bridgehead atoms. The van der Waals surface area contributed by atoms with Crippen molar-refractivity contribution in [2.75, 3.05) is 7.11 Å². The van der Waals surface area contributed by atoms with Gasteiger partial charge in [-0.3, -0.25) is 4.79 Å². The number of aliphatic carboxylic acids is 1. The number of nitrogens with zero attached hydrogens (tertiary/aromatic N) is 1. The minimum absolute atomic E-state index is 0.0126. The second kappa shape index (κ2) is 6.22.